The number of ether oxygens (including phenoxy) is 1. The Morgan fingerprint density at radius 2 is 1.94 bits per heavy atom. The van der Waals surface area contributed by atoms with Crippen LogP contribution in [0.3, 0.4) is 0 Å². The second-order valence-corrected chi connectivity index (χ2v) is 9.33. The summed E-state index contributed by atoms with van der Waals surface area (Å²) in [5.74, 6) is 0.440. The first-order valence-electron chi connectivity index (χ1n) is 10.7. The van der Waals surface area contributed by atoms with Crippen molar-refractivity contribution in [1.82, 2.24) is 19.9 Å². The molecule has 3 heterocycles. The summed E-state index contributed by atoms with van der Waals surface area (Å²) in [6.07, 6.45) is 1.73. The van der Waals surface area contributed by atoms with Gasteiger partial charge in [-0.05, 0) is 37.4 Å². The highest BCUT2D eigenvalue weighted by Gasteiger charge is 2.20. The van der Waals surface area contributed by atoms with E-state index in [0.717, 1.165) is 31.1 Å². The van der Waals surface area contributed by atoms with Crippen molar-refractivity contribution in [3.8, 4) is 5.88 Å². The Morgan fingerprint density at radius 3 is 2.65 bits per heavy atom. The molecule has 0 saturated carbocycles. The molecule has 1 aliphatic heterocycles. The lowest BCUT2D eigenvalue weighted by molar-refractivity contribution is 0.100. The fourth-order valence-electron chi connectivity index (χ4n) is 3.40. The molecule has 1 saturated heterocycles. The summed E-state index contributed by atoms with van der Waals surface area (Å²) in [6, 6.07) is 10.4. The van der Waals surface area contributed by atoms with E-state index >= 15 is 0 Å². The van der Waals surface area contributed by atoms with Crippen LogP contribution in [0.25, 0.3) is 0 Å². The van der Waals surface area contributed by atoms with Crippen LogP contribution in [0.2, 0.25) is 5.02 Å². The number of carbonyl (C=O) groups is 1. The van der Waals surface area contributed by atoms with E-state index < -0.39 is 5.91 Å². The summed E-state index contributed by atoms with van der Waals surface area (Å²) in [5.41, 5.74) is 6.86. The minimum Gasteiger partial charge on any atom is -0.470 e. The molecule has 0 aliphatic carbocycles. The molecule has 178 valence electrons. The first-order chi connectivity index (χ1) is 16.4. The van der Waals surface area contributed by atoms with Crippen molar-refractivity contribution < 1.29 is 14.6 Å². The topological polar surface area (TPSA) is 118 Å². The largest absolute Gasteiger partial charge is 0.470 e. The highest BCUT2D eigenvalue weighted by molar-refractivity contribution is 7.99. The number of aliphatic hydroxyl groups is 1. The van der Waals surface area contributed by atoms with Crippen molar-refractivity contribution in [2.24, 2.45) is 5.73 Å². The Bertz CT molecular complexity index is 1170. The molecule has 1 fully saturated rings. The number of hydrogen-bond acceptors (Lipinski definition) is 9. The molecule has 0 radical (unpaired) electrons. The van der Waals surface area contributed by atoms with E-state index in [1.165, 1.54) is 11.8 Å². The molecule has 1 amide bonds. The molecular formula is C23H25ClN6O3S. The minimum atomic E-state index is -0.581. The van der Waals surface area contributed by atoms with Gasteiger partial charge in [0, 0.05) is 31.1 Å². The van der Waals surface area contributed by atoms with Crippen molar-refractivity contribution in [2.75, 3.05) is 38.1 Å². The first-order valence-corrected chi connectivity index (χ1v) is 11.9. The SMILES string of the molecule is CN1CCN(c2ncc(Sc3ccc(C(N)=O)c(Cl)c3)c(OCc3cccc(CO)n3)n2)CC1. The zero-order valence-electron chi connectivity index (χ0n) is 18.6. The summed E-state index contributed by atoms with van der Waals surface area (Å²) in [5, 5.41) is 9.63. The maximum absolute atomic E-state index is 11.5. The molecule has 4 rings (SSSR count). The fraction of sp³-hybridized carbons (Fsp3) is 0.304. The minimum absolute atomic E-state index is 0.141. The first kappa shape index (κ1) is 24.2. The van der Waals surface area contributed by atoms with Gasteiger partial charge >= 0.3 is 0 Å². The van der Waals surface area contributed by atoms with E-state index in [2.05, 4.69) is 26.8 Å². The highest BCUT2D eigenvalue weighted by atomic mass is 35.5. The second-order valence-electron chi connectivity index (χ2n) is 7.80. The van der Waals surface area contributed by atoms with Crippen molar-refractivity contribution >= 4 is 35.2 Å². The standard InChI is InChI=1S/C23H25ClN6O3S/c1-29-7-9-30(10-8-29)23-26-12-20(34-17-5-6-18(21(25)32)19(24)11-17)22(28-23)33-14-16-4-2-3-15(13-31)27-16/h2-6,11-12,31H,7-10,13-14H2,1H3,(H2,25,32). The van der Waals surface area contributed by atoms with Gasteiger partial charge in [0.1, 0.15) is 6.61 Å². The Morgan fingerprint density at radius 1 is 1.18 bits per heavy atom. The molecule has 0 bridgehead atoms. The van der Waals surface area contributed by atoms with Crippen molar-refractivity contribution in [3.63, 3.8) is 0 Å². The zero-order chi connectivity index (χ0) is 24.1. The molecule has 0 unspecified atom stereocenters. The number of carbonyl (C=O) groups excluding carboxylic acids is 1. The van der Waals surface area contributed by atoms with Crippen LogP contribution in [-0.2, 0) is 13.2 Å². The lowest BCUT2D eigenvalue weighted by atomic mass is 10.2. The Balaban J connectivity index is 1.60. The van der Waals surface area contributed by atoms with Crippen LogP contribution >= 0.6 is 23.4 Å². The average Bonchev–Trinajstić information content (AvgIpc) is 2.84. The van der Waals surface area contributed by atoms with Crippen molar-refractivity contribution in [1.29, 1.82) is 0 Å². The number of piperazine rings is 1. The van der Waals surface area contributed by atoms with Gasteiger partial charge < -0.3 is 25.4 Å². The lowest BCUT2D eigenvalue weighted by Crippen LogP contribution is -2.45. The van der Waals surface area contributed by atoms with Crippen molar-refractivity contribution in [2.45, 2.75) is 23.0 Å². The summed E-state index contributed by atoms with van der Waals surface area (Å²) < 4.78 is 6.08. The molecule has 2 aromatic heterocycles. The zero-order valence-corrected chi connectivity index (χ0v) is 20.2. The van der Waals surface area contributed by atoms with Crippen LogP contribution in [0.1, 0.15) is 21.7 Å². The third-order valence-electron chi connectivity index (χ3n) is 5.31. The number of halogens is 1. The summed E-state index contributed by atoms with van der Waals surface area (Å²) >= 11 is 7.60. The third kappa shape index (κ3) is 5.95. The molecule has 1 aliphatic rings. The van der Waals surface area contributed by atoms with Gasteiger partial charge in [0.15, 0.2) is 0 Å². The van der Waals surface area contributed by atoms with E-state index in [-0.39, 0.29) is 23.8 Å². The van der Waals surface area contributed by atoms with E-state index in [9.17, 15) is 9.90 Å². The molecule has 11 heteroatoms. The number of primary amides is 1. The number of aromatic nitrogens is 3. The molecule has 3 aromatic rings. The van der Waals surface area contributed by atoms with Crippen LogP contribution in [0.4, 0.5) is 5.95 Å². The second kappa shape index (κ2) is 11.0. The maximum Gasteiger partial charge on any atom is 0.250 e. The molecule has 9 nitrogen and oxygen atoms in total. The van der Waals surface area contributed by atoms with E-state index in [1.807, 2.05) is 12.1 Å². The molecule has 0 atom stereocenters. The van der Waals surface area contributed by atoms with Gasteiger partial charge in [-0.15, -0.1) is 0 Å². The van der Waals surface area contributed by atoms with Gasteiger partial charge in [-0.3, -0.25) is 9.78 Å². The number of aliphatic hydroxyl groups excluding tert-OH is 1. The normalized spacial score (nSPS) is 14.3. The number of nitrogens with zero attached hydrogens (tertiary/aromatic N) is 5. The molecule has 0 spiro atoms. The number of likely N-dealkylation sites (N-methyl/N-ethyl adjacent to an activating group) is 1. The Hall–Kier alpha value is -2.92. The van der Waals surface area contributed by atoms with Crippen LogP contribution in [0.15, 0.2) is 52.4 Å². The number of amides is 1. The Kier molecular flexibility index (Phi) is 7.84. The number of pyridine rings is 1. The van der Waals surface area contributed by atoms with Crippen LogP contribution < -0.4 is 15.4 Å². The molecule has 1 aromatic carbocycles. The van der Waals surface area contributed by atoms with Gasteiger partial charge in [0.2, 0.25) is 17.7 Å². The van der Waals surface area contributed by atoms with Gasteiger partial charge in [-0.25, -0.2) is 4.98 Å². The monoisotopic (exact) mass is 500 g/mol. The number of hydrogen-bond donors (Lipinski definition) is 2. The number of anilines is 1. The fourth-order valence-corrected chi connectivity index (χ4v) is 4.61. The van der Waals surface area contributed by atoms with Gasteiger partial charge in [-0.1, -0.05) is 29.4 Å². The van der Waals surface area contributed by atoms with Gasteiger partial charge in [0.25, 0.3) is 0 Å². The van der Waals surface area contributed by atoms with Crippen LogP contribution in [-0.4, -0.2) is 64.1 Å². The molecule has 34 heavy (non-hydrogen) atoms. The number of rotatable bonds is 8. The van der Waals surface area contributed by atoms with E-state index in [4.69, 9.17) is 27.1 Å². The average molecular weight is 501 g/mol. The van der Waals surface area contributed by atoms with Crippen LogP contribution in [0, 0.1) is 0 Å². The highest BCUT2D eigenvalue weighted by Crippen LogP contribution is 2.36. The van der Waals surface area contributed by atoms with Gasteiger partial charge in [-0.2, -0.15) is 4.98 Å². The predicted molar refractivity (Wildman–Crippen MR) is 130 cm³/mol. The maximum atomic E-state index is 11.5. The predicted octanol–water partition coefficient (Wildman–Crippen LogP) is 2.60. The smallest absolute Gasteiger partial charge is 0.250 e. The summed E-state index contributed by atoms with van der Waals surface area (Å²) in [7, 11) is 2.09. The van der Waals surface area contributed by atoms with Crippen molar-refractivity contribution in [3.05, 3.63) is 64.6 Å². The summed E-state index contributed by atoms with van der Waals surface area (Å²) in [4.78, 5) is 31.0. The third-order valence-corrected chi connectivity index (χ3v) is 6.62. The number of nitrogens with two attached hydrogens (primary N) is 1. The van der Waals surface area contributed by atoms with Crippen LogP contribution in [0.5, 0.6) is 5.88 Å². The molecular weight excluding hydrogens is 476 g/mol. The van der Waals surface area contributed by atoms with Gasteiger partial charge in [0.05, 0.1) is 39.7 Å². The number of benzene rings is 1. The Labute approximate surface area is 206 Å². The lowest BCUT2D eigenvalue weighted by Gasteiger charge is -2.32. The molecule has 3 N–H and O–H groups in total. The summed E-state index contributed by atoms with van der Waals surface area (Å²) in [6.45, 7) is 3.55. The van der Waals surface area contributed by atoms with E-state index in [0.29, 0.717) is 28.1 Å². The quantitative estimate of drug-likeness (QED) is 0.481. The van der Waals surface area contributed by atoms with E-state index in [1.54, 1.807) is 30.5 Å².